The SMILES string of the molecule is O=C(c1ccc(CN2C(=O)CN(C(=O)c3ccc(Cl)cc3)Cc3ccc(CCCO)cc32)cc1)N1CC=CC1. The van der Waals surface area contributed by atoms with Crippen molar-refractivity contribution in [3.63, 3.8) is 0 Å². The number of hydrogen-bond donors (Lipinski definition) is 1. The summed E-state index contributed by atoms with van der Waals surface area (Å²) in [5.41, 5.74) is 4.59. The highest BCUT2D eigenvalue weighted by atomic mass is 35.5. The average molecular weight is 544 g/mol. The predicted octanol–water partition coefficient (Wildman–Crippen LogP) is 4.47. The van der Waals surface area contributed by atoms with E-state index >= 15 is 0 Å². The number of aliphatic hydroxyl groups is 1. The van der Waals surface area contributed by atoms with E-state index in [9.17, 15) is 19.5 Å². The smallest absolute Gasteiger partial charge is 0.254 e. The van der Waals surface area contributed by atoms with Crippen LogP contribution in [0, 0.1) is 0 Å². The number of carbonyl (C=O) groups is 3. The maximum absolute atomic E-state index is 13.7. The van der Waals surface area contributed by atoms with Gasteiger partial charge in [0.25, 0.3) is 11.8 Å². The highest BCUT2D eigenvalue weighted by Gasteiger charge is 2.30. The molecule has 0 aromatic heterocycles. The molecule has 7 nitrogen and oxygen atoms in total. The summed E-state index contributed by atoms with van der Waals surface area (Å²) in [5.74, 6) is -0.456. The standard InChI is InChI=1S/C31H30ClN3O4/c32-27-13-11-25(12-14-27)31(39)34-20-26-10-5-22(4-3-17-36)18-28(26)35(29(37)21-34)19-23-6-8-24(9-7-23)30(38)33-15-1-2-16-33/h1-2,5-14,18,36H,3-4,15-17,19-21H2. The summed E-state index contributed by atoms with van der Waals surface area (Å²) in [6.07, 6.45) is 5.26. The number of hydrogen-bond acceptors (Lipinski definition) is 4. The zero-order valence-electron chi connectivity index (χ0n) is 21.6. The molecule has 8 heteroatoms. The van der Waals surface area contributed by atoms with E-state index in [2.05, 4.69) is 0 Å². The van der Waals surface area contributed by atoms with Gasteiger partial charge < -0.3 is 19.8 Å². The van der Waals surface area contributed by atoms with Crippen molar-refractivity contribution in [3.8, 4) is 0 Å². The molecular weight excluding hydrogens is 514 g/mol. The second-order valence-corrected chi connectivity index (χ2v) is 10.3. The number of amides is 3. The molecule has 200 valence electrons. The number of fused-ring (bicyclic) bond motifs is 1. The van der Waals surface area contributed by atoms with Crippen LogP contribution in [0.4, 0.5) is 5.69 Å². The molecule has 0 saturated heterocycles. The van der Waals surface area contributed by atoms with Gasteiger partial charge in [0.2, 0.25) is 5.91 Å². The van der Waals surface area contributed by atoms with Crippen LogP contribution in [0.5, 0.6) is 0 Å². The molecule has 0 radical (unpaired) electrons. The Bertz CT molecular complexity index is 1390. The first kappa shape index (κ1) is 26.7. The number of benzene rings is 3. The van der Waals surface area contributed by atoms with Gasteiger partial charge in [0.05, 0.1) is 6.54 Å². The van der Waals surface area contributed by atoms with Gasteiger partial charge >= 0.3 is 0 Å². The third-order valence-electron chi connectivity index (χ3n) is 7.08. The largest absolute Gasteiger partial charge is 0.396 e. The van der Waals surface area contributed by atoms with Crippen molar-refractivity contribution in [2.75, 3.05) is 31.1 Å². The third kappa shape index (κ3) is 6.05. The molecule has 0 atom stereocenters. The van der Waals surface area contributed by atoms with Gasteiger partial charge in [-0.1, -0.05) is 48.0 Å². The molecule has 0 aliphatic carbocycles. The Labute approximate surface area is 232 Å². The zero-order valence-corrected chi connectivity index (χ0v) is 22.3. The topological polar surface area (TPSA) is 81.2 Å². The molecule has 0 bridgehead atoms. The molecule has 2 heterocycles. The van der Waals surface area contributed by atoms with E-state index in [0.29, 0.717) is 48.6 Å². The Hall–Kier alpha value is -3.94. The molecule has 39 heavy (non-hydrogen) atoms. The molecule has 3 aromatic carbocycles. The summed E-state index contributed by atoms with van der Waals surface area (Å²) in [6.45, 7) is 1.84. The minimum absolute atomic E-state index is 0.0207. The summed E-state index contributed by atoms with van der Waals surface area (Å²) >= 11 is 6.00. The number of aliphatic hydroxyl groups excluding tert-OH is 1. The molecule has 0 unspecified atom stereocenters. The molecule has 5 rings (SSSR count). The molecule has 3 aromatic rings. The first-order valence-corrected chi connectivity index (χ1v) is 13.4. The fourth-order valence-corrected chi connectivity index (χ4v) is 5.06. The Morgan fingerprint density at radius 2 is 1.41 bits per heavy atom. The predicted molar refractivity (Wildman–Crippen MR) is 151 cm³/mol. The Balaban J connectivity index is 1.42. The van der Waals surface area contributed by atoms with E-state index in [4.69, 9.17) is 11.6 Å². The quantitative estimate of drug-likeness (QED) is 0.446. The lowest BCUT2D eigenvalue weighted by molar-refractivity contribution is -0.119. The van der Waals surface area contributed by atoms with Crippen molar-refractivity contribution in [2.45, 2.75) is 25.9 Å². The highest BCUT2D eigenvalue weighted by molar-refractivity contribution is 6.30. The van der Waals surface area contributed by atoms with Crippen molar-refractivity contribution in [3.05, 3.63) is 112 Å². The van der Waals surface area contributed by atoms with Gasteiger partial charge in [-0.15, -0.1) is 0 Å². The van der Waals surface area contributed by atoms with Gasteiger partial charge in [0, 0.05) is 48.1 Å². The molecule has 1 N–H and O–H groups in total. The van der Waals surface area contributed by atoms with Crippen LogP contribution >= 0.6 is 11.6 Å². The first-order valence-electron chi connectivity index (χ1n) is 13.0. The van der Waals surface area contributed by atoms with Crippen LogP contribution in [0.3, 0.4) is 0 Å². The number of anilines is 1. The van der Waals surface area contributed by atoms with Crippen LogP contribution in [0.25, 0.3) is 0 Å². The lowest BCUT2D eigenvalue weighted by atomic mass is 10.0. The number of halogens is 1. The van der Waals surface area contributed by atoms with E-state index in [1.165, 1.54) is 0 Å². The molecular formula is C31H30ClN3O4. The van der Waals surface area contributed by atoms with E-state index in [-0.39, 0.29) is 37.4 Å². The monoisotopic (exact) mass is 543 g/mol. The number of aryl methyl sites for hydroxylation is 1. The van der Waals surface area contributed by atoms with Gasteiger partial charge in [-0.2, -0.15) is 0 Å². The van der Waals surface area contributed by atoms with Crippen LogP contribution in [0.1, 0.15) is 43.8 Å². The van der Waals surface area contributed by atoms with Gasteiger partial charge in [0.15, 0.2) is 0 Å². The van der Waals surface area contributed by atoms with Gasteiger partial charge in [0.1, 0.15) is 6.54 Å². The second-order valence-electron chi connectivity index (χ2n) is 9.82. The van der Waals surface area contributed by atoms with E-state index in [1.54, 1.807) is 51.1 Å². The summed E-state index contributed by atoms with van der Waals surface area (Å²) in [4.78, 5) is 44.8. The first-order chi connectivity index (χ1) is 18.9. The molecule has 2 aliphatic heterocycles. The maximum atomic E-state index is 13.7. The van der Waals surface area contributed by atoms with Crippen LogP contribution in [0.15, 0.2) is 78.9 Å². The minimum Gasteiger partial charge on any atom is -0.396 e. The summed E-state index contributed by atoms with van der Waals surface area (Å²) < 4.78 is 0. The second kappa shape index (κ2) is 11.8. The van der Waals surface area contributed by atoms with Crippen LogP contribution in [-0.4, -0.2) is 58.9 Å². The molecule has 0 spiro atoms. The number of nitrogens with zero attached hydrogens (tertiary/aromatic N) is 3. The molecule has 2 aliphatic rings. The van der Waals surface area contributed by atoms with Crippen molar-refractivity contribution < 1.29 is 19.5 Å². The number of rotatable bonds is 7. The highest BCUT2D eigenvalue weighted by Crippen LogP contribution is 2.30. The van der Waals surface area contributed by atoms with Crippen LogP contribution in [-0.2, 0) is 24.3 Å². The maximum Gasteiger partial charge on any atom is 0.254 e. The summed E-state index contributed by atoms with van der Waals surface area (Å²) in [7, 11) is 0. The Morgan fingerprint density at radius 3 is 2.08 bits per heavy atom. The van der Waals surface area contributed by atoms with Gasteiger partial charge in [-0.25, -0.2) is 0 Å². The average Bonchev–Trinajstić information content (AvgIpc) is 3.46. The lowest BCUT2D eigenvalue weighted by Crippen LogP contribution is -2.39. The molecule has 3 amide bonds. The van der Waals surface area contributed by atoms with E-state index < -0.39 is 0 Å². The number of carbonyl (C=O) groups excluding carboxylic acids is 3. The lowest BCUT2D eigenvalue weighted by Gasteiger charge is -2.24. The van der Waals surface area contributed by atoms with E-state index in [1.807, 2.05) is 42.5 Å². The van der Waals surface area contributed by atoms with E-state index in [0.717, 1.165) is 22.4 Å². The van der Waals surface area contributed by atoms with Crippen LogP contribution < -0.4 is 4.90 Å². The fraction of sp³-hybridized carbons (Fsp3) is 0.258. The molecule has 0 saturated carbocycles. The van der Waals surface area contributed by atoms with Crippen LogP contribution in [0.2, 0.25) is 5.02 Å². The van der Waals surface area contributed by atoms with Crippen molar-refractivity contribution in [1.29, 1.82) is 0 Å². The summed E-state index contributed by atoms with van der Waals surface area (Å²) in [6, 6.07) is 19.9. The molecule has 0 fully saturated rings. The normalized spacial score (nSPS) is 14.9. The third-order valence-corrected chi connectivity index (χ3v) is 7.33. The zero-order chi connectivity index (χ0) is 27.4. The van der Waals surface area contributed by atoms with Gasteiger partial charge in [-0.3, -0.25) is 14.4 Å². The van der Waals surface area contributed by atoms with Crippen molar-refractivity contribution in [1.82, 2.24) is 9.80 Å². The van der Waals surface area contributed by atoms with Crippen molar-refractivity contribution in [2.24, 2.45) is 0 Å². The Morgan fingerprint density at radius 1 is 0.795 bits per heavy atom. The van der Waals surface area contributed by atoms with Crippen molar-refractivity contribution >= 4 is 35.0 Å². The summed E-state index contributed by atoms with van der Waals surface area (Å²) in [5, 5.41) is 9.84. The van der Waals surface area contributed by atoms with Gasteiger partial charge in [-0.05, 0) is 72.0 Å². The minimum atomic E-state index is -0.239. The Kier molecular flexibility index (Phi) is 8.10. The fourth-order valence-electron chi connectivity index (χ4n) is 4.93.